The van der Waals surface area contributed by atoms with Crippen molar-refractivity contribution in [3.8, 4) is 11.8 Å². The Kier molecular flexibility index (Phi) is 5.46. The Hall–Kier alpha value is -2.25. The lowest BCUT2D eigenvalue weighted by molar-refractivity contribution is -0.124. The molecule has 4 heteroatoms. The van der Waals surface area contributed by atoms with E-state index in [1.807, 2.05) is 6.92 Å². The molecule has 2 atom stereocenters. The molecule has 148 valence electrons. The largest absolute Gasteiger partial charge is 0.352 e. The lowest BCUT2D eigenvalue weighted by Gasteiger charge is -2.30. The van der Waals surface area contributed by atoms with Crippen molar-refractivity contribution in [3.63, 3.8) is 0 Å². The van der Waals surface area contributed by atoms with Gasteiger partial charge in [-0.05, 0) is 62.1 Å². The lowest BCUT2D eigenvalue weighted by Crippen LogP contribution is -2.51. The Morgan fingerprint density at radius 1 is 1.36 bits per heavy atom. The minimum atomic E-state index is -0.187. The molecule has 0 radical (unpaired) electrons. The van der Waals surface area contributed by atoms with E-state index < -0.39 is 0 Å². The summed E-state index contributed by atoms with van der Waals surface area (Å²) < 4.78 is 2.24. The second-order valence-electron chi connectivity index (χ2n) is 8.69. The zero-order valence-corrected chi connectivity index (χ0v) is 17.2. The Balaban J connectivity index is 1.73. The van der Waals surface area contributed by atoms with E-state index in [9.17, 15) is 4.79 Å². The van der Waals surface area contributed by atoms with Gasteiger partial charge < -0.3 is 9.88 Å². The molecule has 2 N–H and O–H groups in total. The van der Waals surface area contributed by atoms with Gasteiger partial charge in [-0.1, -0.05) is 31.9 Å². The van der Waals surface area contributed by atoms with Crippen molar-refractivity contribution in [2.24, 2.45) is 5.92 Å². The maximum Gasteiger partial charge on any atom is 0.237 e. The number of aromatic nitrogens is 1. The summed E-state index contributed by atoms with van der Waals surface area (Å²) in [5.41, 5.74) is 3.81. The third-order valence-electron chi connectivity index (χ3n) is 6.12. The number of nitrogens with one attached hydrogen (secondary N) is 2. The fourth-order valence-corrected chi connectivity index (χ4v) is 4.51. The molecule has 28 heavy (non-hydrogen) atoms. The van der Waals surface area contributed by atoms with Crippen LogP contribution in [0.5, 0.6) is 0 Å². The molecule has 1 fully saturated rings. The molecule has 1 amide bonds. The number of hydrogen-bond donors (Lipinski definition) is 2. The molecule has 0 spiro atoms. The van der Waals surface area contributed by atoms with E-state index in [0.29, 0.717) is 18.5 Å². The molecule has 2 aliphatic rings. The SMILES string of the molecule is CC#CCn1cc2c3c(cccc31)[C@H](CC(C)C)N[C@H](C(=O)NC1CCC1)C2. The Bertz CT molecular complexity index is 926. The average Bonchev–Trinajstić information content (AvgIpc) is 2.90. The zero-order chi connectivity index (χ0) is 19.7. The second kappa shape index (κ2) is 8.01. The van der Waals surface area contributed by atoms with E-state index in [-0.39, 0.29) is 18.0 Å². The number of benzene rings is 1. The molecule has 0 saturated heterocycles. The van der Waals surface area contributed by atoms with Crippen LogP contribution in [0.15, 0.2) is 24.4 Å². The third kappa shape index (κ3) is 3.69. The standard InChI is InChI=1S/C24H31N3O/c1-4-5-12-27-15-17-14-21(24(28)25-18-8-6-9-18)26-20(13-16(2)3)19-10-7-11-22(27)23(17)19/h7,10-11,15-16,18,20-21,26H,6,8-9,12-14H2,1-3H3,(H,25,28)/t20-,21-/m0/s1. The Labute approximate surface area is 168 Å². The zero-order valence-electron chi connectivity index (χ0n) is 17.2. The fraction of sp³-hybridized carbons (Fsp3) is 0.542. The van der Waals surface area contributed by atoms with Gasteiger partial charge in [0.05, 0.1) is 12.6 Å². The van der Waals surface area contributed by atoms with Crippen LogP contribution < -0.4 is 10.6 Å². The van der Waals surface area contributed by atoms with E-state index in [1.165, 1.54) is 28.5 Å². The molecule has 1 saturated carbocycles. The van der Waals surface area contributed by atoms with E-state index in [4.69, 9.17) is 0 Å². The summed E-state index contributed by atoms with van der Waals surface area (Å²) in [7, 11) is 0. The fourth-order valence-electron chi connectivity index (χ4n) is 4.51. The van der Waals surface area contributed by atoms with Gasteiger partial charge in [0, 0.05) is 29.2 Å². The first-order valence-corrected chi connectivity index (χ1v) is 10.6. The quantitative estimate of drug-likeness (QED) is 0.776. The molecule has 4 rings (SSSR count). The van der Waals surface area contributed by atoms with Crippen LogP contribution in [0.25, 0.3) is 10.9 Å². The summed E-state index contributed by atoms with van der Waals surface area (Å²) in [6.45, 7) is 7.07. The minimum Gasteiger partial charge on any atom is -0.352 e. The van der Waals surface area contributed by atoms with E-state index in [2.05, 4.69) is 65.3 Å². The van der Waals surface area contributed by atoms with Gasteiger partial charge in [0.2, 0.25) is 5.91 Å². The molecule has 2 aromatic rings. The molecular formula is C24H31N3O. The number of hydrogen-bond acceptors (Lipinski definition) is 2. The highest BCUT2D eigenvalue weighted by Crippen LogP contribution is 2.35. The number of amides is 1. The van der Waals surface area contributed by atoms with Gasteiger partial charge in [-0.3, -0.25) is 10.1 Å². The molecule has 4 nitrogen and oxygen atoms in total. The van der Waals surface area contributed by atoms with Crippen LogP contribution in [0.1, 0.15) is 63.6 Å². The van der Waals surface area contributed by atoms with E-state index in [1.54, 1.807) is 0 Å². The van der Waals surface area contributed by atoms with Crippen LogP contribution >= 0.6 is 0 Å². The predicted octanol–water partition coefficient (Wildman–Crippen LogP) is 3.93. The van der Waals surface area contributed by atoms with Gasteiger partial charge in [-0.15, -0.1) is 5.92 Å². The first-order chi connectivity index (χ1) is 13.6. The van der Waals surface area contributed by atoms with Crippen molar-refractivity contribution in [1.29, 1.82) is 0 Å². The molecule has 0 unspecified atom stereocenters. The van der Waals surface area contributed by atoms with Crippen molar-refractivity contribution < 1.29 is 4.79 Å². The first-order valence-electron chi connectivity index (χ1n) is 10.6. The lowest BCUT2D eigenvalue weighted by atomic mass is 9.92. The number of nitrogens with zero attached hydrogens (tertiary/aromatic N) is 1. The second-order valence-corrected chi connectivity index (χ2v) is 8.69. The summed E-state index contributed by atoms with van der Waals surface area (Å²) in [6.07, 6.45) is 7.42. The van der Waals surface area contributed by atoms with Crippen molar-refractivity contribution in [2.75, 3.05) is 0 Å². The average molecular weight is 378 g/mol. The molecular weight excluding hydrogens is 346 g/mol. The van der Waals surface area contributed by atoms with Gasteiger partial charge in [-0.25, -0.2) is 0 Å². The highest BCUT2D eigenvalue weighted by Gasteiger charge is 2.32. The van der Waals surface area contributed by atoms with Crippen LogP contribution in [0, 0.1) is 17.8 Å². The predicted molar refractivity (Wildman–Crippen MR) is 114 cm³/mol. The Morgan fingerprint density at radius 3 is 2.86 bits per heavy atom. The molecule has 1 aromatic heterocycles. The van der Waals surface area contributed by atoms with Gasteiger partial charge in [0.25, 0.3) is 0 Å². The van der Waals surface area contributed by atoms with E-state index in [0.717, 1.165) is 25.7 Å². The Morgan fingerprint density at radius 2 is 2.18 bits per heavy atom. The number of carbonyl (C=O) groups excluding carboxylic acids is 1. The summed E-state index contributed by atoms with van der Waals surface area (Å²) in [5, 5.41) is 8.28. The van der Waals surface area contributed by atoms with Gasteiger partial charge in [0.1, 0.15) is 0 Å². The van der Waals surface area contributed by atoms with Gasteiger partial charge in [0.15, 0.2) is 0 Å². The smallest absolute Gasteiger partial charge is 0.237 e. The van der Waals surface area contributed by atoms with Crippen molar-refractivity contribution in [2.45, 2.75) is 77.5 Å². The molecule has 2 heterocycles. The first kappa shape index (κ1) is 19.1. The molecule has 1 aliphatic carbocycles. The van der Waals surface area contributed by atoms with Crippen LogP contribution in [-0.2, 0) is 17.8 Å². The van der Waals surface area contributed by atoms with Crippen molar-refractivity contribution >= 4 is 16.8 Å². The van der Waals surface area contributed by atoms with Crippen LogP contribution in [-0.4, -0.2) is 22.6 Å². The monoisotopic (exact) mass is 377 g/mol. The highest BCUT2D eigenvalue weighted by atomic mass is 16.2. The highest BCUT2D eigenvalue weighted by molar-refractivity contribution is 5.90. The maximum absolute atomic E-state index is 13.0. The van der Waals surface area contributed by atoms with Gasteiger partial charge in [-0.2, -0.15) is 0 Å². The normalized spacial score (nSPS) is 21.7. The third-order valence-corrected chi connectivity index (χ3v) is 6.12. The minimum absolute atomic E-state index is 0.153. The van der Waals surface area contributed by atoms with Crippen LogP contribution in [0.2, 0.25) is 0 Å². The number of rotatable bonds is 5. The topological polar surface area (TPSA) is 46.1 Å². The molecule has 0 bridgehead atoms. The van der Waals surface area contributed by atoms with Crippen LogP contribution in [0.4, 0.5) is 0 Å². The molecule has 1 aliphatic heterocycles. The molecule has 1 aromatic carbocycles. The van der Waals surface area contributed by atoms with Gasteiger partial charge >= 0.3 is 0 Å². The summed E-state index contributed by atoms with van der Waals surface area (Å²) in [4.78, 5) is 13.0. The maximum atomic E-state index is 13.0. The van der Waals surface area contributed by atoms with Crippen LogP contribution in [0.3, 0.4) is 0 Å². The number of carbonyl (C=O) groups is 1. The summed E-state index contributed by atoms with van der Waals surface area (Å²) in [6, 6.07) is 6.92. The van der Waals surface area contributed by atoms with Crippen molar-refractivity contribution in [1.82, 2.24) is 15.2 Å². The van der Waals surface area contributed by atoms with Crippen molar-refractivity contribution in [3.05, 3.63) is 35.5 Å². The van der Waals surface area contributed by atoms with E-state index >= 15 is 0 Å². The summed E-state index contributed by atoms with van der Waals surface area (Å²) in [5.74, 6) is 6.89. The summed E-state index contributed by atoms with van der Waals surface area (Å²) >= 11 is 0.